The number of nitrogens with zero attached hydrogens (tertiary/aromatic N) is 2. The van der Waals surface area contributed by atoms with E-state index in [0.29, 0.717) is 12.5 Å². The molecule has 4 nitrogen and oxygen atoms in total. The summed E-state index contributed by atoms with van der Waals surface area (Å²) in [6.45, 7) is 4.68. The third-order valence-electron chi connectivity index (χ3n) is 3.38. The molecule has 1 saturated heterocycles. The summed E-state index contributed by atoms with van der Waals surface area (Å²) in [5.41, 5.74) is 0. The lowest BCUT2D eigenvalue weighted by Gasteiger charge is -2.35. The number of piperidine rings is 1. The molecule has 0 aliphatic carbocycles. The molecule has 0 bridgehead atoms. The first kappa shape index (κ1) is 13.8. The van der Waals surface area contributed by atoms with Gasteiger partial charge in [-0.2, -0.15) is 4.31 Å². The molecular weight excluding hydrogens is 272 g/mol. The summed E-state index contributed by atoms with van der Waals surface area (Å²) in [5.74, 6) is 0.576. The second-order valence-electron chi connectivity index (χ2n) is 4.91. The number of aromatic nitrogens is 1. The van der Waals surface area contributed by atoms with Crippen LogP contribution >= 0.6 is 11.6 Å². The van der Waals surface area contributed by atoms with Crippen LogP contribution in [0.25, 0.3) is 0 Å². The molecule has 2 heterocycles. The third-order valence-corrected chi connectivity index (χ3v) is 5.60. The topological polar surface area (TPSA) is 50.3 Å². The Morgan fingerprint density at radius 2 is 2.17 bits per heavy atom. The minimum atomic E-state index is -3.45. The predicted octanol–water partition coefficient (Wildman–Crippen LogP) is 2.54. The standard InChI is InChI=1S/C12H17ClN2O2S/c1-9-4-6-15(10(2)7-9)18(16,17)11-3-5-14-12(13)8-11/h3,5,8-10H,4,6-7H2,1-2H3. The van der Waals surface area contributed by atoms with Crippen molar-refractivity contribution < 1.29 is 8.42 Å². The van der Waals surface area contributed by atoms with Gasteiger partial charge in [0.1, 0.15) is 5.15 Å². The zero-order valence-electron chi connectivity index (χ0n) is 10.5. The third kappa shape index (κ3) is 2.68. The van der Waals surface area contributed by atoms with E-state index in [4.69, 9.17) is 11.6 Å². The van der Waals surface area contributed by atoms with Gasteiger partial charge in [0.05, 0.1) is 4.90 Å². The molecule has 0 saturated carbocycles. The maximum absolute atomic E-state index is 12.5. The van der Waals surface area contributed by atoms with Gasteiger partial charge in [0.2, 0.25) is 10.0 Å². The molecular formula is C12H17ClN2O2S. The predicted molar refractivity (Wildman–Crippen MR) is 71.0 cm³/mol. The highest BCUT2D eigenvalue weighted by Gasteiger charge is 2.33. The van der Waals surface area contributed by atoms with Crippen LogP contribution in [0.4, 0.5) is 0 Å². The lowest BCUT2D eigenvalue weighted by molar-refractivity contribution is 0.220. The van der Waals surface area contributed by atoms with E-state index in [0.717, 1.165) is 12.8 Å². The molecule has 2 rings (SSSR count). The summed E-state index contributed by atoms with van der Waals surface area (Å²) in [7, 11) is -3.45. The summed E-state index contributed by atoms with van der Waals surface area (Å²) in [4.78, 5) is 4.04. The van der Waals surface area contributed by atoms with Gasteiger partial charge in [0.15, 0.2) is 0 Å². The zero-order chi connectivity index (χ0) is 13.3. The van der Waals surface area contributed by atoms with Crippen LogP contribution in [0.2, 0.25) is 5.15 Å². The molecule has 1 fully saturated rings. The minimum absolute atomic E-state index is 0.0330. The van der Waals surface area contributed by atoms with Crippen molar-refractivity contribution >= 4 is 21.6 Å². The maximum Gasteiger partial charge on any atom is 0.243 e. The molecule has 0 aromatic carbocycles. The van der Waals surface area contributed by atoms with E-state index in [9.17, 15) is 8.42 Å². The van der Waals surface area contributed by atoms with Crippen molar-refractivity contribution in [3.63, 3.8) is 0 Å². The first-order valence-corrected chi connectivity index (χ1v) is 7.86. The Labute approximate surface area is 113 Å². The van der Waals surface area contributed by atoms with Crippen LogP contribution in [-0.2, 0) is 10.0 Å². The number of hydrogen-bond donors (Lipinski definition) is 0. The van der Waals surface area contributed by atoms with Crippen LogP contribution < -0.4 is 0 Å². The highest BCUT2D eigenvalue weighted by Crippen LogP contribution is 2.28. The lowest BCUT2D eigenvalue weighted by atomic mass is 9.95. The zero-order valence-corrected chi connectivity index (χ0v) is 12.1. The van der Waals surface area contributed by atoms with E-state index in [1.165, 1.54) is 18.3 Å². The number of rotatable bonds is 2. The summed E-state index contributed by atoms with van der Waals surface area (Å²) in [6, 6.07) is 2.93. The van der Waals surface area contributed by atoms with E-state index < -0.39 is 10.0 Å². The van der Waals surface area contributed by atoms with Crippen molar-refractivity contribution in [2.45, 2.75) is 37.6 Å². The first-order valence-electron chi connectivity index (χ1n) is 6.04. The molecule has 0 N–H and O–H groups in total. The minimum Gasteiger partial charge on any atom is -0.244 e. The number of halogens is 1. The van der Waals surface area contributed by atoms with Gasteiger partial charge in [-0.05, 0) is 37.8 Å². The van der Waals surface area contributed by atoms with E-state index in [1.807, 2.05) is 6.92 Å². The Bertz CT molecular complexity index is 533. The molecule has 1 aromatic heterocycles. The fourth-order valence-corrected chi connectivity index (χ4v) is 4.33. The largest absolute Gasteiger partial charge is 0.244 e. The fraction of sp³-hybridized carbons (Fsp3) is 0.583. The molecule has 100 valence electrons. The summed E-state index contributed by atoms with van der Waals surface area (Å²) in [5, 5.41) is 0.203. The van der Waals surface area contributed by atoms with Crippen molar-refractivity contribution in [1.29, 1.82) is 0 Å². The monoisotopic (exact) mass is 288 g/mol. The second-order valence-corrected chi connectivity index (χ2v) is 7.19. The quantitative estimate of drug-likeness (QED) is 0.786. The number of pyridine rings is 1. The second kappa shape index (κ2) is 5.15. The van der Waals surface area contributed by atoms with Crippen molar-refractivity contribution in [3.05, 3.63) is 23.5 Å². The molecule has 1 aliphatic heterocycles. The van der Waals surface area contributed by atoms with Gasteiger partial charge in [0.25, 0.3) is 0 Å². The molecule has 18 heavy (non-hydrogen) atoms. The SMILES string of the molecule is CC1CCN(S(=O)(=O)c2ccnc(Cl)c2)C(C)C1. The smallest absolute Gasteiger partial charge is 0.243 e. The Hall–Kier alpha value is -0.650. The van der Waals surface area contributed by atoms with E-state index in [1.54, 1.807) is 4.31 Å². The van der Waals surface area contributed by atoms with Crippen LogP contribution in [0.1, 0.15) is 26.7 Å². The van der Waals surface area contributed by atoms with Crippen LogP contribution in [0.15, 0.2) is 23.2 Å². The van der Waals surface area contributed by atoms with Gasteiger partial charge >= 0.3 is 0 Å². The highest BCUT2D eigenvalue weighted by atomic mass is 35.5. The fourth-order valence-electron chi connectivity index (χ4n) is 2.42. The van der Waals surface area contributed by atoms with Crippen molar-refractivity contribution in [3.8, 4) is 0 Å². The summed E-state index contributed by atoms with van der Waals surface area (Å²) >= 11 is 5.76. The van der Waals surface area contributed by atoms with Crippen LogP contribution in [-0.4, -0.2) is 30.3 Å². The number of sulfonamides is 1. The lowest BCUT2D eigenvalue weighted by Crippen LogP contribution is -2.44. The van der Waals surface area contributed by atoms with E-state index >= 15 is 0 Å². The maximum atomic E-state index is 12.5. The normalized spacial score (nSPS) is 26.2. The van der Waals surface area contributed by atoms with Crippen LogP contribution in [0, 0.1) is 5.92 Å². The van der Waals surface area contributed by atoms with Gasteiger partial charge in [-0.25, -0.2) is 13.4 Å². The molecule has 1 aliphatic rings. The average Bonchev–Trinajstić information content (AvgIpc) is 2.28. The molecule has 2 atom stereocenters. The van der Waals surface area contributed by atoms with Crippen molar-refractivity contribution in [2.24, 2.45) is 5.92 Å². The van der Waals surface area contributed by atoms with Gasteiger partial charge in [0, 0.05) is 18.8 Å². The van der Waals surface area contributed by atoms with Crippen molar-refractivity contribution in [1.82, 2.24) is 9.29 Å². The van der Waals surface area contributed by atoms with Crippen LogP contribution in [0.5, 0.6) is 0 Å². The molecule has 0 radical (unpaired) electrons. The Kier molecular flexibility index (Phi) is 3.94. The van der Waals surface area contributed by atoms with Gasteiger partial charge in [-0.1, -0.05) is 18.5 Å². The Balaban J connectivity index is 2.31. The van der Waals surface area contributed by atoms with Crippen molar-refractivity contribution in [2.75, 3.05) is 6.54 Å². The molecule has 0 amide bonds. The van der Waals surface area contributed by atoms with Crippen LogP contribution in [0.3, 0.4) is 0 Å². The highest BCUT2D eigenvalue weighted by molar-refractivity contribution is 7.89. The summed E-state index contributed by atoms with van der Waals surface area (Å²) in [6.07, 6.45) is 3.23. The molecule has 0 spiro atoms. The molecule has 2 unspecified atom stereocenters. The van der Waals surface area contributed by atoms with Gasteiger partial charge < -0.3 is 0 Å². The first-order chi connectivity index (χ1) is 8.41. The van der Waals surface area contributed by atoms with E-state index in [-0.39, 0.29) is 16.1 Å². The number of hydrogen-bond acceptors (Lipinski definition) is 3. The summed E-state index contributed by atoms with van der Waals surface area (Å²) < 4.78 is 26.6. The average molecular weight is 289 g/mol. The van der Waals surface area contributed by atoms with E-state index in [2.05, 4.69) is 11.9 Å². The Morgan fingerprint density at radius 1 is 1.44 bits per heavy atom. The van der Waals surface area contributed by atoms with Gasteiger partial charge in [-0.15, -0.1) is 0 Å². The molecule has 6 heteroatoms. The van der Waals surface area contributed by atoms with Gasteiger partial charge in [-0.3, -0.25) is 0 Å². The Morgan fingerprint density at radius 3 is 2.78 bits per heavy atom. The molecule has 1 aromatic rings.